The number of alkyl halides is 3. The van der Waals surface area contributed by atoms with Crippen LogP contribution in [0.1, 0.15) is 17.2 Å². The van der Waals surface area contributed by atoms with Gasteiger partial charge in [-0.2, -0.15) is 5.10 Å². The summed E-state index contributed by atoms with van der Waals surface area (Å²) in [7, 11) is 3.59. The van der Waals surface area contributed by atoms with Gasteiger partial charge in [0.1, 0.15) is 11.9 Å². The highest BCUT2D eigenvalue weighted by Gasteiger charge is 2.31. The summed E-state index contributed by atoms with van der Waals surface area (Å²) in [4.78, 5) is 6.47. The highest BCUT2D eigenvalue weighted by Crippen LogP contribution is 2.23. The summed E-state index contributed by atoms with van der Waals surface area (Å²) in [6.07, 6.45) is -0.368. The Morgan fingerprint density at radius 1 is 1.34 bits per heavy atom. The smallest absolute Gasteiger partial charge is 0.406 e. The van der Waals surface area contributed by atoms with E-state index in [1.165, 1.54) is 12.1 Å². The molecule has 1 fully saturated rings. The Balaban J connectivity index is 1.50. The molecule has 158 valence electrons. The summed E-state index contributed by atoms with van der Waals surface area (Å²) in [6.45, 7) is 2.57. The van der Waals surface area contributed by atoms with Crippen LogP contribution in [0, 0.1) is 0 Å². The molecule has 2 heterocycles. The van der Waals surface area contributed by atoms with Gasteiger partial charge in [0.25, 0.3) is 0 Å². The monoisotopic (exact) mass is 411 g/mol. The van der Waals surface area contributed by atoms with Crippen LogP contribution in [0.15, 0.2) is 41.7 Å². The number of aromatic nitrogens is 2. The largest absolute Gasteiger partial charge is 0.573 e. The number of ether oxygens (including phenoxy) is 2. The molecule has 1 aromatic carbocycles. The zero-order valence-corrected chi connectivity index (χ0v) is 16.3. The predicted molar refractivity (Wildman–Crippen MR) is 102 cm³/mol. The highest BCUT2D eigenvalue weighted by molar-refractivity contribution is 5.80. The van der Waals surface area contributed by atoms with E-state index in [2.05, 4.69) is 25.0 Å². The van der Waals surface area contributed by atoms with Crippen molar-refractivity contribution in [3.8, 4) is 5.75 Å². The molecule has 7 nitrogen and oxygen atoms in total. The minimum atomic E-state index is -4.68. The lowest BCUT2D eigenvalue weighted by atomic mass is 10.1. The lowest BCUT2D eigenvalue weighted by Gasteiger charge is -2.34. The van der Waals surface area contributed by atoms with Gasteiger partial charge in [-0.05, 0) is 24.1 Å². The first-order valence-corrected chi connectivity index (χ1v) is 9.24. The van der Waals surface area contributed by atoms with Crippen molar-refractivity contribution in [3.63, 3.8) is 0 Å². The maximum Gasteiger partial charge on any atom is 0.573 e. The van der Waals surface area contributed by atoms with E-state index >= 15 is 0 Å². The van der Waals surface area contributed by atoms with Crippen molar-refractivity contribution >= 4 is 5.96 Å². The summed E-state index contributed by atoms with van der Waals surface area (Å²) < 4.78 is 48.2. The van der Waals surface area contributed by atoms with Gasteiger partial charge in [-0.1, -0.05) is 12.1 Å². The van der Waals surface area contributed by atoms with Crippen molar-refractivity contribution in [1.29, 1.82) is 0 Å². The summed E-state index contributed by atoms with van der Waals surface area (Å²) >= 11 is 0. The van der Waals surface area contributed by atoms with Crippen LogP contribution in [0.25, 0.3) is 0 Å². The molecule has 2 aromatic rings. The van der Waals surface area contributed by atoms with Gasteiger partial charge in [-0.3, -0.25) is 9.67 Å². The average Bonchev–Trinajstić information content (AvgIpc) is 3.12. The van der Waals surface area contributed by atoms with E-state index < -0.39 is 6.36 Å². The number of benzene rings is 1. The molecule has 1 aliphatic heterocycles. The fourth-order valence-electron chi connectivity index (χ4n) is 3.16. The average molecular weight is 411 g/mol. The van der Waals surface area contributed by atoms with Crippen LogP contribution in [-0.4, -0.2) is 60.3 Å². The van der Waals surface area contributed by atoms with Crippen LogP contribution in [0.2, 0.25) is 0 Å². The molecule has 0 radical (unpaired) electrons. The predicted octanol–water partition coefficient (Wildman–Crippen LogP) is 2.51. The standard InChI is InChI=1S/C19H24F3N5O2/c1-23-18(27-9-10-28-17(13-27)15-11-25-26(2)12-15)24-8-7-14-3-5-16(6-4-14)29-19(20,21)22/h3-6,11-12,17H,7-10,13H2,1-2H3,(H,23,24). The number of nitrogens with one attached hydrogen (secondary N) is 1. The van der Waals surface area contributed by atoms with Gasteiger partial charge in [0, 0.05) is 38.9 Å². The molecule has 0 aliphatic carbocycles. The first-order chi connectivity index (χ1) is 13.8. The third-order valence-corrected chi connectivity index (χ3v) is 4.53. The molecule has 29 heavy (non-hydrogen) atoms. The molecule has 0 spiro atoms. The molecule has 3 rings (SSSR count). The zero-order chi connectivity index (χ0) is 20.9. The van der Waals surface area contributed by atoms with Crippen molar-refractivity contribution in [3.05, 3.63) is 47.8 Å². The number of aryl methyl sites for hydroxylation is 1. The van der Waals surface area contributed by atoms with Crippen LogP contribution < -0.4 is 10.1 Å². The third-order valence-electron chi connectivity index (χ3n) is 4.53. The maximum absolute atomic E-state index is 12.2. The van der Waals surface area contributed by atoms with Crippen LogP contribution in [0.5, 0.6) is 5.75 Å². The van der Waals surface area contributed by atoms with Gasteiger partial charge < -0.3 is 19.7 Å². The number of rotatable bonds is 5. The van der Waals surface area contributed by atoms with Crippen molar-refractivity contribution in [2.24, 2.45) is 12.0 Å². The van der Waals surface area contributed by atoms with E-state index in [-0.39, 0.29) is 11.9 Å². The quantitative estimate of drug-likeness (QED) is 0.605. The number of hydrogen-bond donors (Lipinski definition) is 1. The van der Waals surface area contributed by atoms with Crippen molar-refractivity contribution in [2.45, 2.75) is 18.9 Å². The van der Waals surface area contributed by atoms with Gasteiger partial charge in [-0.15, -0.1) is 13.2 Å². The molecule has 0 amide bonds. The second-order valence-electron chi connectivity index (χ2n) is 6.67. The van der Waals surface area contributed by atoms with E-state index in [1.54, 1.807) is 30.1 Å². The van der Waals surface area contributed by atoms with Crippen molar-refractivity contribution in [1.82, 2.24) is 20.0 Å². The maximum atomic E-state index is 12.2. The van der Waals surface area contributed by atoms with Gasteiger partial charge in [0.2, 0.25) is 0 Å². The van der Waals surface area contributed by atoms with E-state index in [0.29, 0.717) is 26.1 Å². The molecule has 10 heteroatoms. The molecule has 0 bridgehead atoms. The molecule has 1 N–H and O–H groups in total. The van der Waals surface area contributed by atoms with Crippen LogP contribution in [0.3, 0.4) is 0 Å². The first kappa shape index (κ1) is 21.0. The summed E-state index contributed by atoms with van der Waals surface area (Å²) in [5, 5.41) is 7.50. The highest BCUT2D eigenvalue weighted by atomic mass is 19.4. The van der Waals surface area contributed by atoms with Gasteiger partial charge in [0.15, 0.2) is 5.96 Å². The molecule has 1 aliphatic rings. The second kappa shape index (κ2) is 9.17. The van der Waals surface area contributed by atoms with Crippen LogP contribution in [0.4, 0.5) is 13.2 Å². The number of hydrogen-bond acceptors (Lipinski definition) is 4. The Hall–Kier alpha value is -2.75. The Kier molecular flexibility index (Phi) is 6.63. The van der Waals surface area contributed by atoms with Gasteiger partial charge in [0.05, 0.1) is 19.3 Å². The minimum absolute atomic E-state index is 0.0721. The van der Waals surface area contributed by atoms with Crippen LogP contribution in [-0.2, 0) is 18.2 Å². The van der Waals surface area contributed by atoms with Crippen molar-refractivity contribution < 1.29 is 22.6 Å². The molecule has 1 aromatic heterocycles. The number of aliphatic imine (C=N–C) groups is 1. The molecular formula is C19H24F3N5O2. The second-order valence-corrected chi connectivity index (χ2v) is 6.67. The number of halogens is 3. The first-order valence-electron chi connectivity index (χ1n) is 9.24. The molecule has 1 atom stereocenters. The molecule has 1 saturated heterocycles. The lowest BCUT2D eigenvalue weighted by molar-refractivity contribution is -0.274. The van der Waals surface area contributed by atoms with Crippen molar-refractivity contribution in [2.75, 3.05) is 33.3 Å². The number of guanidine groups is 1. The summed E-state index contributed by atoms with van der Waals surface area (Å²) in [5.41, 5.74) is 1.92. The SMILES string of the molecule is CN=C(NCCc1ccc(OC(F)(F)F)cc1)N1CCOC(c2cnn(C)c2)C1. The fraction of sp³-hybridized carbons (Fsp3) is 0.474. The fourth-order valence-corrected chi connectivity index (χ4v) is 3.16. The Labute approximate surface area is 167 Å². The zero-order valence-electron chi connectivity index (χ0n) is 16.3. The summed E-state index contributed by atoms with van der Waals surface area (Å²) in [5.74, 6) is 0.541. The summed E-state index contributed by atoms with van der Waals surface area (Å²) in [6, 6.07) is 5.88. The van der Waals surface area contributed by atoms with Gasteiger partial charge in [-0.25, -0.2) is 0 Å². The lowest BCUT2D eigenvalue weighted by Crippen LogP contribution is -2.48. The van der Waals surface area contributed by atoms with Gasteiger partial charge >= 0.3 is 6.36 Å². The van der Waals surface area contributed by atoms with E-state index in [1.807, 2.05) is 13.2 Å². The molecule has 0 saturated carbocycles. The minimum Gasteiger partial charge on any atom is -0.406 e. The normalized spacial score (nSPS) is 18.0. The van der Waals surface area contributed by atoms with E-state index in [0.717, 1.165) is 23.6 Å². The Morgan fingerprint density at radius 3 is 2.72 bits per heavy atom. The molecular weight excluding hydrogens is 387 g/mol. The van der Waals surface area contributed by atoms with E-state index in [4.69, 9.17) is 4.74 Å². The Morgan fingerprint density at radius 2 is 2.10 bits per heavy atom. The van der Waals surface area contributed by atoms with E-state index in [9.17, 15) is 13.2 Å². The molecule has 1 unspecified atom stereocenters. The number of morpholine rings is 1. The number of nitrogens with zero attached hydrogens (tertiary/aromatic N) is 4. The van der Waals surface area contributed by atoms with Crippen LogP contribution >= 0.6 is 0 Å². The third kappa shape index (κ3) is 6.11. The Bertz CT molecular complexity index is 820. The topological polar surface area (TPSA) is 63.9 Å².